The maximum Gasteiger partial charge on any atom is 0.211 e. The van der Waals surface area contributed by atoms with Gasteiger partial charge in [-0.3, -0.25) is 0 Å². The van der Waals surface area contributed by atoms with E-state index in [4.69, 9.17) is 4.74 Å². The van der Waals surface area contributed by atoms with Gasteiger partial charge in [-0.15, -0.1) is 10.2 Å². The normalized spacial score (nSPS) is 10.3. The van der Waals surface area contributed by atoms with Crippen molar-refractivity contribution in [3.63, 3.8) is 0 Å². The number of aromatic amines is 1. The number of benzene rings is 1. The summed E-state index contributed by atoms with van der Waals surface area (Å²) in [5, 5.41) is 13.5. The Labute approximate surface area is 93.8 Å². The number of aromatic nitrogens is 4. The summed E-state index contributed by atoms with van der Waals surface area (Å²) in [7, 11) is 0. The Morgan fingerprint density at radius 2 is 2.19 bits per heavy atom. The summed E-state index contributed by atoms with van der Waals surface area (Å²) in [5.74, 6) is 1.46. The van der Waals surface area contributed by atoms with E-state index in [0.717, 1.165) is 18.6 Å². The molecule has 0 bridgehead atoms. The maximum atomic E-state index is 5.65. The van der Waals surface area contributed by atoms with Gasteiger partial charge in [0, 0.05) is 0 Å². The highest BCUT2D eigenvalue weighted by molar-refractivity contribution is 5.33. The lowest BCUT2D eigenvalue weighted by atomic mass is 10.1. The number of hydrogen-bond donors (Lipinski definition) is 1. The van der Waals surface area contributed by atoms with Crippen LogP contribution in [0.4, 0.5) is 0 Å². The van der Waals surface area contributed by atoms with Gasteiger partial charge < -0.3 is 4.74 Å². The van der Waals surface area contributed by atoms with E-state index in [-0.39, 0.29) is 0 Å². The Balaban J connectivity index is 2.03. The van der Waals surface area contributed by atoms with Gasteiger partial charge in [0.15, 0.2) is 6.61 Å². The zero-order valence-electron chi connectivity index (χ0n) is 9.18. The van der Waals surface area contributed by atoms with Crippen molar-refractivity contribution in [2.45, 2.75) is 26.4 Å². The van der Waals surface area contributed by atoms with E-state index in [9.17, 15) is 0 Å². The second kappa shape index (κ2) is 5.25. The van der Waals surface area contributed by atoms with Crippen molar-refractivity contribution in [3.05, 3.63) is 35.7 Å². The maximum absolute atomic E-state index is 5.65. The third-order valence-corrected chi connectivity index (χ3v) is 2.24. The van der Waals surface area contributed by atoms with Gasteiger partial charge in [-0.1, -0.05) is 36.8 Å². The summed E-state index contributed by atoms with van der Waals surface area (Å²) >= 11 is 0. The van der Waals surface area contributed by atoms with Crippen LogP contribution in [-0.2, 0) is 13.0 Å². The second-order valence-electron chi connectivity index (χ2n) is 3.47. The van der Waals surface area contributed by atoms with E-state index >= 15 is 0 Å². The van der Waals surface area contributed by atoms with E-state index in [1.54, 1.807) is 0 Å². The molecule has 0 aliphatic rings. The van der Waals surface area contributed by atoms with Gasteiger partial charge in [0.1, 0.15) is 5.75 Å². The molecular formula is C11H14N4O. The molecular weight excluding hydrogens is 204 g/mol. The first-order valence-corrected chi connectivity index (χ1v) is 5.33. The number of hydrogen-bond acceptors (Lipinski definition) is 4. The number of nitrogens with one attached hydrogen (secondary N) is 1. The summed E-state index contributed by atoms with van der Waals surface area (Å²) < 4.78 is 5.65. The van der Waals surface area contributed by atoms with Crippen molar-refractivity contribution >= 4 is 0 Å². The molecule has 2 aromatic rings. The molecule has 0 aliphatic heterocycles. The summed E-state index contributed by atoms with van der Waals surface area (Å²) in [5.41, 5.74) is 1.22. The Bertz CT molecular complexity index is 427. The molecule has 1 aromatic heterocycles. The van der Waals surface area contributed by atoms with Crippen LogP contribution in [-0.4, -0.2) is 20.6 Å². The Hall–Kier alpha value is -1.91. The molecule has 0 fully saturated rings. The van der Waals surface area contributed by atoms with Gasteiger partial charge in [-0.25, -0.2) is 0 Å². The van der Waals surface area contributed by atoms with Gasteiger partial charge in [0.05, 0.1) is 0 Å². The lowest BCUT2D eigenvalue weighted by molar-refractivity contribution is 0.292. The summed E-state index contributed by atoms with van der Waals surface area (Å²) in [4.78, 5) is 0. The highest BCUT2D eigenvalue weighted by atomic mass is 16.5. The van der Waals surface area contributed by atoms with Crippen molar-refractivity contribution < 1.29 is 4.74 Å². The molecule has 5 heteroatoms. The molecule has 0 saturated carbocycles. The number of aryl methyl sites for hydroxylation is 1. The average molecular weight is 218 g/mol. The number of tetrazole rings is 1. The van der Waals surface area contributed by atoms with Crippen LogP contribution in [0.3, 0.4) is 0 Å². The zero-order chi connectivity index (χ0) is 11.2. The lowest BCUT2D eigenvalue weighted by Crippen LogP contribution is -2.00. The van der Waals surface area contributed by atoms with Crippen LogP contribution in [0.25, 0.3) is 0 Å². The van der Waals surface area contributed by atoms with Crippen LogP contribution < -0.4 is 4.74 Å². The highest BCUT2D eigenvalue weighted by Crippen LogP contribution is 2.20. The number of H-pyrrole nitrogens is 1. The van der Waals surface area contributed by atoms with Crippen LogP contribution in [0, 0.1) is 0 Å². The van der Waals surface area contributed by atoms with Crippen LogP contribution >= 0.6 is 0 Å². The number of rotatable bonds is 5. The largest absolute Gasteiger partial charge is 0.485 e. The lowest BCUT2D eigenvalue weighted by Gasteiger charge is -2.08. The van der Waals surface area contributed by atoms with Crippen LogP contribution in [0.5, 0.6) is 5.75 Å². The topological polar surface area (TPSA) is 63.7 Å². The minimum Gasteiger partial charge on any atom is -0.485 e. The molecule has 0 radical (unpaired) electrons. The van der Waals surface area contributed by atoms with Crippen LogP contribution in [0.15, 0.2) is 24.3 Å². The molecule has 1 aromatic carbocycles. The van der Waals surface area contributed by atoms with Gasteiger partial charge in [0.25, 0.3) is 0 Å². The quantitative estimate of drug-likeness (QED) is 0.830. The van der Waals surface area contributed by atoms with E-state index in [0.29, 0.717) is 12.4 Å². The molecule has 0 spiro atoms. The van der Waals surface area contributed by atoms with E-state index in [1.165, 1.54) is 5.56 Å². The first-order chi connectivity index (χ1) is 7.90. The fourth-order valence-electron chi connectivity index (χ4n) is 1.51. The molecule has 0 amide bonds. The fraction of sp³-hybridized carbons (Fsp3) is 0.364. The first kappa shape index (κ1) is 10.6. The number of para-hydroxylation sites is 1. The molecule has 0 saturated heterocycles. The highest BCUT2D eigenvalue weighted by Gasteiger charge is 2.04. The molecule has 0 unspecified atom stereocenters. The Kier molecular flexibility index (Phi) is 3.48. The van der Waals surface area contributed by atoms with Gasteiger partial charge >= 0.3 is 0 Å². The number of nitrogens with zero attached hydrogens (tertiary/aromatic N) is 3. The van der Waals surface area contributed by atoms with Crippen molar-refractivity contribution in [1.29, 1.82) is 0 Å². The molecule has 84 valence electrons. The molecule has 1 N–H and O–H groups in total. The molecule has 0 aliphatic carbocycles. The predicted molar refractivity (Wildman–Crippen MR) is 58.9 cm³/mol. The monoisotopic (exact) mass is 218 g/mol. The zero-order valence-corrected chi connectivity index (χ0v) is 9.18. The third-order valence-electron chi connectivity index (χ3n) is 2.24. The van der Waals surface area contributed by atoms with Crippen molar-refractivity contribution in [1.82, 2.24) is 20.6 Å². The Morgan fingerprint density at radius 3 is 2.94 bits per heavy atom. The first-order valence-electron chi connectivity index (χ1n) is 5.33. The van der Waals surface area contributed by atoms with Crippen LogP contribution in [0.1, 0.15) is 24.7 Å². The fourth-order valence-corrected chi connectivity index (χ4v) is 1.51. The number of ether oxygens (including phenoxy) is 1. The van der Waals surface area contributed by atoms with Gasteiger partial charge in [-0.05, 0) is 18.1 Å². The van der Waals surface area contributed by atoms with Crippen molar-refractivity contribution in [3.8, 4) is 5.75 Å². The summed E-state index contributed by atoms with van der Waals surface area (Å²) in [6.07, 6.45) is 2.12. The second-order valence-corrected chi connectivity index (χ2v) is 3.47. The van der Waals surface area contributed by atoms with Gasteiger partial charge in [-0.2, -0.15) is 5.21 Å². The Morgan fingerprint density at radius 1 is 1.31 bits per heavy atom. The molecule has 1 heterocycles. The van der Waals surface area contributed by atoms with E-state index in [2.05, 4.69) is 33.6 Å². The minimum absolute atomic E-state index is 0.344. The third kappa shape index (κ3) is 2.56. The van der Waals surface area contributed by atoms with Crippen LogP contribution in [0.2, 0.25) is 0 Å². The summed E-state index contributed by atoms with van der Waals surface area (Å²) in [6, 6.07) is 8.02. The minimum atomic E-state index is 0.344. The SMILES string of the molecule is CCCc1ccccc1OCc1nn[nH]n1. The molecule has 0 atom stereocenters. The van der Waals surface area contributed by atoms with E-state index < -0.39 is 0 Å². The molecule has 5 nitrogen and oxygen atoms in total. The van der Waals surface area contributed by atoms with E-state index in [1.807, 2.05) is 18.2 Å². The smallest absolute Gasteiger partial charge is 0.211 e. The standard InChI is InChI=1S/C11H14N4O/c1-2-5-9-6-3-4-7-10(9)16-8-11-12-14-15-13-11/h3-4,6-7H,2,5,8H2,1H3,(H,12,13,14,15). The summed E-state index contributed by atoms with van der Waals surface area (Å²) in [6.45, 7) is 2.49. The van der Waals surface area contributed by atoms with Gasteiger partial charge in [0.2, 0.25) is 5.82 Å². The average Bonchev–Trinajstić information content (AvgIpc) is 2.81. The van der Waals surface area contributed by atoms with Crippen molar-refractivity contribution in [2.75, 3.05) is 0 Å². The molecule has 2 rings (SSSR count). The van der Waals surface area contributed by atoms with Crippen molar-refractivity contribution in [2.24, 2.45) is 0 Å². The molecule has 16 heavy (non-hydrogen) atoms. The predicted octanol–water partition coefficient (Wildman–Crippen LogP) is 1.73.